The number of amides is 1. The first-order chi connectivity index (χ1) is 15.9. The quantitative estimate of drug-likeness (QED) is 0.329. The van der Waals surface area contributed by atoms with Gasteiger partial charge in [-0.25, -0.2) is 4.79 Å². The van der Waals surface area contributed by atoms with Crippen molar-refractivity contribution in [1.29, 1.82) is 0 Å². The number of unbranched alkanes of at least 4 members (excludes halogenated alkanes) is 3. The van der Waals surface area contributed by atoms with Crippen LogP contribution < -0.4 is 16.6 Å². The molecule has 2 N–H and O–H groups in total. The van der Waals surface area contributed by atoms with Crippen molar-refractivity contribution in [1.82, 2.24) is 24.4 Å². The highest BCUT2D eigenvalue weighted by Crippen LogP contribution is 2.45. The molecule has 1 aliphatic carbocycles. The second kappa shape index (κ2) is 9.95. The van der Waals surface area contributed by atoms with Crippen molar-refractivity contribution in [3.63, 3.8) is 0 Å². The van der Waals surface area contributed by atoms with Gasteiger partial charge in [0, 0.05) is 19.5 Å². The van der Waals surface area contributed by atoms with Gasteiger partial charge in [-0.05, 0) is 49.3 Å². The first-order valence-electron chi connectivity index (χ1n) is 11.7. The summed E-state index contributed by atoms with van der Waals surface area (Å²) in [5.41, 5.74) is 0.653. The minimum Gasteiger partial charge on any atom is -0.347 e. The Labute approximate surface area is 197 Å². The normalized spacial score (nSPS) is 14.5. The molecule has 1 fully saturated rings. The van der Waals surface area contributed by atoms with E-state index in [0.717, 1.165) is 37.7 Å². The lowest BCUT2D eigenvalue weighted by atomic mass is 10.0. The summed E-state index contributed by atoms with van der Waals surface area (Å²) < 4.78 is 2.76. The number of aromatic nitrogens is 4. The van der Waals surface area contributed by atoms with E-state index in [-0.39, 0.29) is 34.5 Å². The highest BCUT2D eigenvalue weighted by atomic mass is 35.5. The van der Waals surface area contributed by atoms with Gasteiger partial charge in [0.1, 0.15) is 0 Å². The molecule has 176 valence electrons. The Balaban J connectivity index is 1.39. The number of fused-ring (bicyclic) bond motifs is 1. The summed E-state index contributed by atoms with van der Waals surface area (Å²) >= 11 is 5.98. The summed E-state index contributed by atoms with van der Waals surface area (Å²) in [5, 5.41) is 3.26. The minimum atomic E-state index is -0.424. The largest absolute Gasteiger partial charge is 0.347 e. The van der Waals surface area contributed by atoms with Gasteiger partial charge < -0.3 is 10.3 Å². The van der Waals surface area contributed by atoms with Gasteiger partial charge in [-0.15, -0.1) is 0 Å². The van der Waals surface area contributed by atoms with Crippen molar-refractivity contribution in [3.05, 3.63) is 62.0 Å². The van der Waals surface area contributed by atoms with Crippen LogP contribution in [-0.2, 0) is 23.4 Å². The predicted molar refractivity (Wildman–Crippen MR) is 128 cm³/mol. The Morgan fingerprint density at radius 1 is 1.09 bits per heavy atom. The molecule has 0 spiro atoms. The molecule has 2 heterocycles. The van der Waals surface area contributed by atoms with Gasteiger partial charge in [0.25, 0.3) is 5.56 Å². The lowest BCUT2D eigenvalue weighted by Gasteiger charge is -2.18. The van der Waals surface area contributed by atoms with Crippen LogP contribution >= 0.6 is 11.6 Å². The van der Waals surface area contributed by atoms with Crippen LogP contribution in [0.4, 0.5) is 0 Å². The Kier molecular flexibility index (Phi) is 7.02. The number of nitrogens with one attached hydrogen (secondary N) is 2. The van der Waals surface area contributed by atoms with Gasteiger partial charge in [-0.3, -0.25) is 18.7 Å². The van der Waals surface area contributed by atoms with E-state index in [1.807, 2.05) is 30.3 Å². The number of carbonyl (C=O) groups excluding carboxylic acids is 1. The summed E-state index contributed by atoms with van der Waals surface area (Å²) in [6.07, 6.45) is 6.19. The van der Waals surface area contributed by atoms with Crippen LogP contribution in [0.15, 0.2) is 39.9 Å². The summed E-state index contributed by atoms with van der Waals surface area (Å²) in [7, 11) is 0. The van der Waals surface area contributed by atoms with E-state index in [2.05, 4.69) is 22.2 Å². The molecule has 1 amide bonds. The number of aryl methyl sites for hydroxylation is 1. The number of halogens is 1. The van der Waals surface area contributed by atoms with E-state index in [1.165, 1.54) is 9.13 Å². The van der Waals surface area contributed by atoms with Crippen molar-refractivity contribution in [2.75, 3.05) is 0 Å². The van der Waals surface area contributed by atoms with Gasteiger partial charge in [-0.2, -0.15) is 4.98 Å². The van der Waals surface area contributed by atoms with Crippen LogP contribution in [0, 0.1) is 0 Å². The fourth-order valence-corrected chi connectivity index (χ4v) is 4.48. The molecule has 0 atom stereocenters. The third-order valence-corrected chi connectivity index (χ3v) is 6.49. The van der Waals surface area contributed by atoms with Gasteiger partial charge >= 0.3 is 5.69 Å². The molecule has 0 aliphatic heterocycles. The highest BCUT2D eigenvalue weighted by molar-refractivity contribution is 6.28. The first kappa shape index (κ1) is 23.3. The topological polar surface area (TPSA) is 102 Å². The molecular weight excluding hydrogens is 442 g/mol. The second-order valence-electron chi connectivity index (χ2n) is 8.78. The van der Waals surface area contributed by atoms with Gasteiger partial charge in [0.15, 0.2) is 11.2 Å². The third-order valence-electron chi connectivity index (χ3n) is 6.31. The fraction of sp³-hybridized carbons (Fsp3) is 0.500. The van der Waals surface area contributed by atoms with Crippen LogP contribution in [-0.4, -0.2) is 25.0 Å². The number of H-pyrrole nitrogens is 1. The second-order valence-corrected chi connectivity index (χ2v) is 9.14. The Hall–Kier alpha value is -2.87. The lowest BCUT2D eigenvalue weighted by molar-refractivity contribution is -0.122. The number of hydrogen-bond acceptors (Lipinski definition) is 4. The van der Waals surface area contributed by atoms with E-state index in [0.29, 0.717) is 31.5 Å². The number of aromatic amines is 1. The summed E-state index contributed by atoms with van der Waals surface area (Å²) in [5.74, 6) is -0.00326. The van der Waals surface area contributed by atoms with Crippen LogP contribution in [0.3, 0.4) is 0 Å². The summed E-state index contributed by atoms with van der Waals surface area (Å²) in [6.45, 7) is 2.81. The van der Waals surface area contributed by atoms with E-state index >= 15 is 0 Å². The Morgan fingerprint density at radius 3 is 2.48 bits per heavy atom. The van der Waals surface area contributed by atoms with Crippen molar-refractivity contribution in [3.8, 4) is 0 Å². The van der Waals surface area contributed by atoms with Gasteiger partial charge in [-0.1, -0.05) is 50.1 Å². The summed E-state index contributed by atoms with van der Waals surface area (Å²) in [4.78, 5) is 45.4. The monoisotopic (exact) mass is 471 g/mol. The maximum atomic E-state index is 13.0. The molecule has 3 aromatic rings. The van der Waals surface area contributed by atoms with Crippen LogP contribution in [0.2, 0.25) is 5.28 Å². The molecule has 9 heteroatoms. The number of carbonyl (C=O) groups is 1. The molecule has 1 aliphatic rings. The van der Waals surface area contributed by atoms with E-state index in [1.54, 1.807) is 0 Å². The molecule has 2 aromatic heterocycles. The molecule has 0 saturated heterocycles. The maximum Gasteiger partial charge on any atom is 0.332 e. The van der Waals surface area contributed by atoms with Gasteiger partial charge in [0.2, 0.25) is 11.2 Å². The lowest BCUT2D eigenvalue weighted by Crippen LogP contribution is -2.40. The average Bonchev–Trinajstić information content (AvgIpc) is 3.48. The van der Waals surface area contributed by atoms with E-state index < -0.39 is 5.56 Å². The molecule has 1 aromatic carbocycles. The van der Waals surface area contributed by atoms with Crippen LogP contribution in [0.25, 0.3) is 11.2 Å². The van der Waals surface area contributed by atoms with E-state index in [4.69, 9.17) is 11.6 Å². The number of rotatable bonds is 11. The molecule has 0 bridgehead atoms. The summed E-state index contributed by atoms with van der Waals surface area (Å²) in [6, 6.07) is 10.0. The predicted octanol–water partition coefficient (Wildman–Crippen LogP) is 3.71. The number of hydrogen-bond donors (Lipinski definition) is 2. The van der Waals surface area contributed by atoms with Crippen LogP contribution in [0.5, 0.6) is 0 Å². The van der Waals surface area contributed by atoms with E-state index in [9.17, 15) is 14.4 Å². The molecular formula is C24H30ClN5O3. The maximum absolute atomic E-state index is 13.0. The number of nitrogens with zero attached hydrogens (tertiary/aromatic N) is 3. The highest BCUT2D eigenvalue weighted by Gasteiger charge is 2.45. The molecule has 0 unspecified atom stereocenters. The third kappa shape index (κ3) is 5.05. The fourth-order valence-electron chi connectivity index (χ4n) is 4.31. The van der Waals surface area contributed by atoms with Crippen molar-refractivity contribution >= 4 is 28.7 Å². The van der Waals surface area contributed by atoms with Crippen LogP contribution in [0.1, 0.15) is 63.9 Å². The van der Waals surface area contributed by atoms with Crippen molar-refractivity contribution < 1.29 is 4.79 Å². The number of benzene rings is 1. The smallest absolute Gasteiger partial charge is 0.332 e. The molecule has 1 saturated carbocycles. The average molecular weight is 472 g/mol. The minimum absolute atomic E-state index is 0.00326. The zero-order valence-electron chi connectivity index (χ0n) is 18.9. The van der Waals surface area contributed by atoms with Crippen molar-refractivity contribution in [2.45, 2.75) is 76.9 Å². The first-order valence-corrected chi connectivity index (χ1v) is 12.1. The molecule has 4 rings (SSSR count). The standard InChI is InChI=1S/C24H30ClN5O3/c1-2-3-8-15-29-20-19(26-22(25)27-20)21(32)30(23(29)33)16-9-7-12-18(31)28-24(13-14-24)17-10-5-4-6-11-17/h4-6,10-11H,2-3,7-9,12-16H2,1H3,(H,26,27)(H,28,31). The SMILES string of the molecule is CCCCCn1c(=O)n(CCCCC(=O)NC2(c3ccccc3)CC2)c(=O)c2[nH]c(Cl)nc21. The zero-order chi connectivity index (χ0) is 23.4. The number of imidazole rings is 1. The zero-order valence-corrected chi connectivity index (χ0v) is 19.7. The molecule has 8 nitrogen and oxygen atoms in total. The Bertz CT molecular complexity index is 1240. The molecule has 0 radical (unpaired) electrons. The van der Waals surface area contributed by atoms with Gasteiger partial charge in [0.05, 0.1) is 5.54 Å². The Morgan fingerprint density at radius 2 is 1.79 bits per heavy atom. The molecule has 33 heavy (non-hydrogen) atoms. The van der Waals surface area contributed by atoms with Crippen molar-refractivity contribution in [2.24, 2.45) is 0 Å².